The highest BCUT2D eigenvalue weighted by Gasteiger charge is 2.21. The largest absolute Gasteiger partial charge is 0.237 e. The van der Waals surface area contributed by atoms with Gasteiger partial charge in [0.25, 0.3) is 0 Å². The van der Waals surface area contributed by atoms with E-state index in [1.807, 2.05) is 18.7 Å². The Morgan fingerprint density at radius 3 is 2.59 bits per heavy atom. The molecule has 1 atom stereocenters. The van der Waals surface area contributed by atoms with Crippen molar-refractivity contribution < 1.29 is 0 Å². The van der Waals surface area contributed by atoms with Crippen LogP contribution in [0.15, 0.2) is 0 Å². The average molecular weight is 271 g/mol. The third-order valence-electron chi connectivity index (χ3n) is 3.15. The highest BCUT2D eigenvalue weighted by Crippen LogP contribution is 2.38. The Labute approximate surface area is 113 Å². The highest BCUT2D eigenvalue weighted by molar-refractivity contribution is 7.99. The zero-order valence-electron chi connectivity index (χ0n) is 10.7. The Balaban J connectivity index is 2.31. The maximum Gasteiger partial charge on any atom is 0.143 e. The molecule has 2 nitrogen and oxygen atoms in total. The lowest BCUT2D eigenvalue weighted by Crippen LogP contribution is -2.10. The van der Waals surface area contributed by atoms with E-state index in [0.717, 1.165) is 17.1 Å². The molecule has 1 aromatic rings. The predicted molar refractivity (Wildman–Crippen MR) is 74.9 cm³/mol. The van der Waals surface area contributed by atoms with Gasteiger partial charge < -0.3 is 0 Å². The van der Waals surface area contributed by atoms with Crippen molar-refractivity contribution in [3.8, 4) is 0 Å². The summed E-state index contributed by atoms with van der Waals surface area (Å²) in [6, 6.07) is 0. The minimum absolute atomic E-state index is 0.385. The number of aryl methyl sites for hydroxylation is 1. The van der Waals surface area contributed by atoms with Crippen molar-refractivity contribution >= 4 is 23.4 Å². The molecule has 1 aliphatic heterocycles. The van der Waals surface area contributed by atoms with Crippen LogP contribution in [0.1, 0.15) is 61.4 Å². The van der Waals surface area contributed by atoms with Gasteiger partial charge in [-0.2, -0.15) is 11.8 Å². The standard InChI is InChI=1S/C13H19ClN2S/c1-8(2)11-9(3)15-13(16-12(11)14)10-6-4-5-7-17-10/h8,10H,4-7H2,1-3H3. The summed E-state index contributed by atoms with van der Waals surface area (Å²) in [6.07, 6.45) is 3.78. The first-order valence-electron chi connectivity index (χ1n) is 6.25. The molecule has 1 saturated heterocycles. The predicted octanol–water partition coefficient (Wildman–Crippen LogP) is 4.52. The number of aromatic nitrogens is 2. The Morgan fingerprint density at radius 2 is 2.06 bits per heavy atom. The number of nitrogens with zero attached hydrogens (tertiary/aromatic N) is 2. The second-order valence-electron chi connectivity index (χ2n) is 4.88. The minimum Gasteiger partial charge on any atom is -0.237 e. The van der Waals surface area contributed by atoms with Gasteiger partial charge in [0, 0.05) is 11.3 Å². The van der Waals surface area contributed by atoms with Crippen molar-refractivity contribution in [2.75, 3.05) is 5.75 Å². The molecule has 2 rings (SSSR count). The quantitative estimate of drug-likeness (QED) is 0.739. The summed E-state index contributed by atoms with van der Waals surface area (Å²) in [5, 5.41) is 1.09. The second kappa shape index (κ2) is 5.57. The molecule has 0 spiro atoms. The third-order valence-corrected chi connectivity index (χ3v) is 4.81. The molecule has 0 N–H and O–H groups in total. The third kappa shape index (κ3) is 2.94. The van der Waals surface area contributed by atoms with Crippen LogP contribution in [0.3, 0.4) is 0 Å². The Kier molecular flexibility index (Phi) is 4.31. The van der Waals surface area contributed by atoms with Crippen molar-refractivity contribution in [1.82, 2.24) is 9.97 Å². The topological polar surface area (TPSA) is 25.8 Å². The van der Waals surface area contributed by atoms with Crippen molar-refractivity contribution in [2.24, 2.45) is 0 Å². The molecular formula is C13H19ClN2S. The van der Waals surface area contributed by atoms with Crippen molar-refractivity contribution in [2.45, 2.75) is 51.2 Å². The van der Waals surface area contributed by atoms with Gasteiger partial charge >= 0.3 is 0 Å². The molecule has 0 aliphatic carbocycles. The van der Waals surface area contributed by atoms with Crippen LogP contribution in [0.5, 0.6) is 0 Å². The SMILES string of the molecule is Cc1nc(C2CCCCS2)nc(Cl)c1C(C)C. The fraction of sp³-hybridized carbons (Fsp3) is 0.692. The molecular weight excluding hydrogens is 252 g/mol. The molecule has 1 aliphatic rings. The zero-order valence-corrected chi connectivity index (χ0v) is 12.2. The van der Waals surface area contributed by atoms with Crippen LogP contribution < -0.4 is 0 Å². The Bertz CT molecular complexity index is 377. The molecule has 0 bridgehead atoms. The van der Waals surface area contributed by atoms with Gasteiger partial charge in [0.15, 0.2) is 0 Å². The first-order valence-corrected chi connectivity index (χ1v) is 7.67. The number of rotatable bonds is 2. The zero-order chi connectivity index (χ0) is 12.4. The molecule has 0 aromatic carbocycles. The number of hydrogen-bond acceptors (Lipinski definition) is 3. The van der Waals surface area contributed by atoms with Crippen molar-refractivity contribution in [3.05, 3.63) is 22.2 Å². The van der Waals surface area contributed by atoms with E-state index in [2.05, 4.69) is 23.8 Å². The summed E-state index contributed by atoms with van der Waals surface area (Å²) in [5.74, 6) is 2.54. The summed E-state index contributed by atoms with van der Waals surface area (Å²) < 4.78 is 0. The average Bonchev–Trinajstić information content (AvgIpc) is 2.28. The van der Waals surface area contributed by atoms with E-state index < -0.39 is 0 Å². The fourth-order valence-electron chi connectivity index (χ4n) is 2.31. The van der Waals surface area contributed by atoms with Gasteiger partial charge in [0.05, 0.1) is 5.25 Å². The van der Waals surface area contributed by atoms with E-state index in [1.54, 1.807) is 0 Å². The lowest BCUT2D eigenvalue weighted by molar-refractivity contribution is 0.656. The second-order valence-corrected chi connectivity index (χ2v) is 6.55. The van der Waals surface area contributed by atoms with E-state index in [0.29, 0.717) is 16.3 Å². The lowest BCUT2D eigenvalue weighted by Gasteiger charge is -2.21. The van der Waals surface area contributed by atoms with Crippen LogP contribution in [-0.2, 0) is 0 Å². The van der Waals surface area contributed by atoms with E-state index in [-0.39, 0.29) is 0 Å². The van der Waals surface area contributed by atoms with Crippen LogP contribution in [0, 0.1) is 6.92 Å². The molecule has 94 valence electrons. The molecule has 2 heterocycles. The summed E-state index contributed by atoms with van der Waals surface area (Å²) in [5.41, 5.74) is 2.14. The van der Waals surface area contributed by atoms with Gasteiger partial charge in [-0.25, -0.2) is 9.97 Å². The molecule has 0 radical (unpaired) electrons. The molecule has 0 amide bonds. The molecule has 4 heteroatoms. The van der Waals surface area contributed by atoms with E-state index in [4.69, 9.17) is 11.6 Å². The number of halogens is 1. The molecule has 0 saturated carbocycles. The smallest absolute Gasteiger partial charge is 0.143 e. The van der Waals surface area contributed by atoms with E-state index >= 15 is 0 Å². The molecule has 17 heavy (non-hydrogen) atoms. The van der Waals surface area contributed by atoms with Crippen LogP contribution in [0.4, 0.5) is 0 Å². The Hall–Kier alpha value is -0.280. The minimum atomic E-state index is 0.385. The lowest BCUT2D eigenvalue weighted by atomic mass is 10.0. The van der Waals surface area contributed by atoms with Crippen LogP contribution >= 0.6 is 23.4 Å². The number of hydrogen-bond donors (Lipinski definition) is 0. The summed E-state index contributed by atoms with van der Waals surface area (Å²) >= 11 is 8.25. The van der Waals surface area contributed by atoms with Gasteiger partial charge in [-0.1, -0.05) is 31.9 Å². The van der Waals surface area contributed by atoms with Gasteiger partial charge in [0.1, 0.15) is 11.0 Å². The van der Waals surface area contributed by atoms with Gasteiger partial charge in [-0.05, 0) is 31.4 Å². The molecule has 1 fully saturated rings. The van der Waals surface area contributed by atoms with Crippen LogP contribution in [-0.4, -0.2) is 15.7 Å². The molecule has 1 unspecified atom stereocenters. The summed E-state index contributed by atoms with van der Waals surface area (Å²) in [4.78, 5) is 9.17. The van der Waals surface area contributed by atoms with E-state index in [9.17, 15) is 0 Å². The van der Waals surface area contributed by atoms with Crippen LogP contribution in [0.25, 0.3) is 0 Å². The summed E-state index contributed by atoms with van der Waals surface area (Å²) in [7, 11) is 0. The van der Waals surface area contributed by atoms with Gasteiger partial charge in [0.2, 0.25) is 0 Å². The highest BCUT2D eigenvalue weighted by atomic mass is 35.5. The van der Waals surface area contributed by atoms with Gasteiger partial charge in [-0.3, -0.25) is 0 Å². The number of thioether (sulfide) groups is 1. The van der Waals surface area contributed by atoms with Gasteiger partial charge in [-0.15, -0.1) is 0 Å². The first-order chi connectivity index (χ1) is 8.09. The molecule has 1 aromatic heterocycles. The monoisotopic (exact) mass is 270 g/mol. The van der Waals surface area contributed by atoms with Crippen molar-refractivity contribution in [3.63, 3.8) is 0 Å². The van der Waals surface area contributed by atoms with Crippen LogP contribution in [0.2, 0.25) is 5.15 Å². The fourth-order valence-corrected chi connectivity index (χ4v) is 4.00. The van der Waals surface area contributed by atoms with E-state index in [1.165, 1.54) is 25.0 Å². The first kappa shape index (κ1) is 13.2. The summed E-state index contributed by atoms with van der Waals surface area (Å²) in [6.45, 7) is 6.30. The Morgan fingerprint density at radius 1 is 1.29 bits per heavy atom. The van der Waals surface area contributed by atoms with Crippen molar-refractivity contribution in [1.29, 1.82) is 0 Å². The maximum absolute atomic E-state index is 6.29. The maximum atomic E-state index is 6.29. The normalized spacial score (nSPS) is 20.9.